The van der Waals surface area contributed by atoms with Gasteiger partial charge in [0.05, 0.1) is 22.1 Å². The van der Waals surface area contributed by atoms with Crippen molar-refractivity contribution in [2.45, 2.75) is 0 Å². The molecule has 3 aromatic heterocycles. The summed E-state index contributed by atoms with van der Waals surface area (Å²) in [6.45, 7) is 0. The first-order valence-corrected chi connectivity index (χ1v) is 20.5. The van der Waals surface area contributed by atoms with Gasteiger partial charge in [0.2, 0.25) is 0 Å². The molecule has 12 aromatic rings. The van der Waals surface area contributed by atoms with Crippen LogP contribution in [-0.4, -0.2) is 19.5 Å². The van der Waals surface area contributed by atoms with Crippen molar-refractivity contribution < 1.29 is 9.90 Å². The van der Waals surface area contributed by atoms with Gasteiger partial charge in [0.1, 0.15) is 11.2 Å². The fourth-order valence-corrected chi connectivity index (χ4v) is 8.71. The number of aromatic nitrogens is 4. The normalized spacial score (nSPS) is 12.5. The van der Waals surface area contributed by atoms with Crippen molar-refractivity contribution in [3.8, 4) is 73.2 Å². The van der Waals surface area contributed by atoms with Crippen LogP contribution in [0, 0.1) is 0 Å². The molecule has 0 aliphatic rings. The van der Waals surface area contributed by atoms with E-state index in [1.807, 2.05) is 132 Å². The number of fused-ring (bicyclic) bond motifs is 6. The molecule has 9 aromatic carbocycles. The molecule has 0 aliphatic heterocycles. The Balaban J connectivity index is 0.964. The predicted octanol–water partition coefficient (Wildman–Crippen LogP) is 14.9. The van der Waals surface area contributed by atoms with Crippen molar-refractivity contribution >= 4 is 43.7 Å². The Bertz CT molecular complexity index is 3850. The van der Waals surface area contributed by atoms with Crippen molar-refractivity contribution in [2.75, 3.05) is 0 Å². The van der Waals surface area contributed by atoms with E-state index in [0.29, 0.717) is 28.4 Å². The summed E-state index contributed by atoms with van der Waals surface area (Å²) >= 11 is 0. The van der Waals surface area contributed by atoms with Gasteiger partial charge in [0, 0.05) is 43.9 Å². The number of nitrogens with zero attached hydrogens (tertiary/aromatic N) is 4. The number of hydrogen-bond donors (Lipinski definition) is 0. The van der Waals surface area contributed by atoms with E-state index in [1.54, 1.807) is 0 Å². The molecule has 0 atom stereocenters. The molecule has 5 heteroatoms. The van der Waals surface area contributed by atoms with E-state index in [1.165, 1.54) is 0 Å². The first kappa shape index (κ1) is 31.5. The minimum atomic E-state index is -0.271. The van der Waals surface area contributed by atoms with Crippen molar-refractivity contribution in [3.05, 3.63) is 218 Å². The molecule has 12 rings (SSSR count). The van der Waals surface area contributed by atoms with Gasteiger partial charge in [-0.3, -0.25) is 0 Å². The van der Waals surface area contributed by atoms with E-state index < -0.39 is 0 Å². The zero-order valence-corrected chi connectivity index (χ0v) is 33.2. The average Bonchev–Trinajstić information content (AvgIpc) is 3.95. The van der Waals surface area contributed by atoms with Crippen LogP contribution in [0.1, 0.15) is 5.48 Å². The third-order valence-electron chi connectivity index (χ3n) is 11.6. The van der Waals surface area contributed by atoms with Crippen molar-refractivity contribution in [2.24, 2.45) is 0 Å². The molecular formula is C57H36N4O. The lowest BCUT2D eigenvalue weighted by molar-refractivity contribution is 0.669. The van der Waals surface area contributed by atoms with Crippen LogP contribution in [0.25, 0.3) is 117 Å². The van der Waals surface area contributed by atoms with Gasteiger partial charge in [-0.1, -0.05) is 188 Å². The first-order valence-electron chi connectivity index (χ1n) is 22.5. The van der Waals surface area contributed by atoms with Crippen molar-refractivity contribution in [1.82, 2.24) is 19.5 Å². The molecule has 0 radical (unpaired) electrons. The molecule has 0 saturated carbocycles. The molecule has 0 aliphatic carbocycles. The van der Waals surface area contributed by atoms with Crippen LogP contribution in [-0.2, 0) is 0 Å². The Morgan fingerprint density at radius 3 is 1.66 bits per heavy atom. The fourth-order valence-electron chi connectivity index (χ4n) is 8.71. The molecule has 62 heavy (non-hydrogen) atoms. The SMILES string of the molecule is [2H]c1c([2H])c([2H])c2c(c1[2H])c1cccc(-c3ccccc3-c3ccccc3)c1n2-c1ccc(-c2ccc(-c3nc(-c4ccccc4)nc(-c4cccc5c4oc4ccccc45)n3)cc2)cc1. The Labute approximate surface area is 363 Å². The van der Waals surface area contributed by atoms with Gasteiger partial charge in [-0.05, 0) is 58.1 Å². The summed E-state index contributed by atoms with van der Waals surface area (Å²) in [4.78, 5) is 15.0. The summed E-state index contributed by atoms with van der Waals surface area (Å²) in [5, 5.41) is 3.27. The van der Waals surface area contributed by atoms with Crippen LogP contribution in [0.3, 0.4) is 0 Å². The Kier molecular flexibility index (Phi) is 7.47. The highest BCUT2D eigenvalue weighted by atomic mass is 16.3. The molecule has 0 fully saturated rings. The van der Waals surface area contributed by atoms with Gasteiger partial charge in [0.25, 0.3) is 0 Å². The summed E-state index contributed by atoms with van der Waals surface area (Å²) in [5.74, 6) is 1.62. The summed E-state index contributed by atoms with van der Waals surface area (Å²) in [6, 6.07) is 64.1. The zero-order valence-electron chi connectivity index (χ0n) is 37.2. The van der Waals surface area contributed by atoms with Crippen LogP contribution in [0.2, 0.25) is 0 Å². The topological polar surface area (TPSA) is 56.7 Å². The standard InChI is InChI=1S/C57H36N4O/c1-3-15-39(16-4-1)43-19-7-8-20-44(43)47-23-13-24-48-45-21-9-11-27-51(45)61(53(47)48)42-35-33-38(34-36-42)37-29-31-41(32-30-37)56-58-55(40-17-5-2-6-18-40)59-57(60-56)50-26-14-25-49-46-22-10-12-28-52(46)62-54(49)50/h1-36H/i9D,11D,21D,27D. The van der Waals surface area contributed by atoms with Crippen LogP contribution >= 0.6 is 0 Å². The number of para-hydroxylation sites is 4. The van der Waals surface area contributed by atoms with Gasteiger partial charge in [0.15, 0.2) is 17.5 Å². The second-order valence-corrected chi connectivity index (χ2v) is 15.2. The van der Waals surface area contributed by atoms with E-state index in [9.17, 15) is 1.37 Å². The Morgan fingerprint density at radius 1 is 0.371 bits per heavy atom. The maximum atomic E-state index is 9.22. The maximum absolute atomic E-state index is 9.22. The summed E-state index contributed by atoms with van der Waals surface area (Å²) in [6.07, 6.45) is 0. The molecular weight excluding hydrogens is 757 g/mol. The molecule has 5 nitrogen and oxygen atoms in total. The number of hydrogen-bond acceptors (Lipinski definition) is 4. The highest BCUT2D eigenvalue weighted by Gasteiger charge is 2.20. The lowest BCUT2D eigenvalue weighted by atomic mass is 9.93. The van der Waals surface area contributed by atoms with E-state index in [2.05, 4.69) is 66.7 Å². The van der Waals surface area contributed by atoms with E-state index in [-0.39, 0.29) is 24.2 Å². The summed E-state index contributed by atoms with van der Waals surface area (Å²) in [7, 11) is 0. The zero-order chi connectivity index (χ0) is 44.5. The first-order chi connectivity index (χ1) is 32.4. The second kappa shape index (κ2) is 14.7. The minimum absolute atomic E-state index is 0.0623. The average molecular weight is 797 g/mol. The lowest BCUT2D eigenvalue weighted by Gasteiger charge is -2.15. The molecule has 0 spiro atoms. The van der Waals surface area contributed by atoms with Gasteiger partial charge in [-0.2, -0.15) is 0 Å². The van der Waals surface area contributed by atoms with Gasteiger partial charge in [-0.25, -0.2) is 15.0 Å². The molecule has 3 heterocycles. The number of benzene rings is 9. The molecule has 0 amide bonds. The van der Waals surface area contributed by atoms with Gasteiger partial charge in [-0.15, -0.1) is 0 Å². The van der Waals surface area contributed by atoms with Crippen molar-refractivity contribution in [1.29, 1.82) is 0 Å². The molecule has 0 unspecified atom stereocenters. The van der Waals surface area contributed by atoms with Crippen LogP contribution in [0.15, 0.2) is 223 Å². The Hall–Kier alpha value is -8.41. The van der Waals surface area contributed by atoms with Crippen LogP contribution < -0.4 is 0 Å². The predicted molar refractivity (Wildman–Crippen MR) is 254 cm³/mol. The Morgan fingerprint density at radius 2 is 0.903 bits per heavy atom. The highest BCUT2D eigenvalue weighted by molar-refractivity contribution is 6.15. The fraction of sp³-hybridized carbons (Fsp3) is 0. The summed E-state index contributed by atoms with van der Waals surface area (Å²) < 4.78 is 44.1. The quantitative estimate of drug-likeness (QED) is 0.161. The van der Waals surface area contributed by atoms with Crippen molar-refractivity contribution in [3.63, 3.8) is 0 Å². The lowest BCUT2D eigenvalue weighted by Crippen LogP contribution is -2.00. The molecule has 290 valence electrons. The molecule has 0 bridgehead atoms. The highest BCUT2D eigenvalue weighted by Crippen LogP contribution is 2.42. The monoisotopic (exact) mass is 796 g/mol. The number of rotatable bonds is 7. The van der Waals surface area contributed by atoms with Gasteiger partial charge < -0.3 is 8.98 Å². The number of furan rings is 1. The van der Waals surface area contributed by atoms with Gasteiger partial charge >= 0.3 is 0 Å². The van der Waals surface area contributed by atoms with Crippen LogP contribution in [0.5, 0.6) is 0 Å². The third-order valence-corrected chi connectivity index (χ3v) is 11.6. The smallest absolute Gasteiger partial charge is 0.167 e. The largest absolute Gasteiger partial charge is 0.455 e. The van der Waals surface area contributed by atoms with E-state index in [4.69, 9.17) is 23.5 Å². The maximum Gasteiger partial charge on any atom is 0.167 e. The minimum Gasteiger partial charge on any atom is -0.455 e. The van der Waals surface area contributed by atoms with E-state index >= 15 is 0 Å². The van der Waals surface area contributed by atoms with E-state index in [0.717, 1.165) is 88.6 Å². The third kappa shape index (κ3) is 5.98. The second-order valence-electron chi connectivity index (χ2n) is 15.2. The summed E-state index contributed by atoms with van der Waals surface area (Å²) in [5.41, 5.74) is 12.0. The molecule has 0 saturated heterocycles. The molecule has 0 N–H and O–H groups in total. The van der Waals surface area contributed by atoms with Crippen LogP contribution in [0.4, 0.5) is 0 Å².